The van der Waals surface area contributed by atoms with Gasteiger partial charge in [-0.15, -0.1) is 0 Å². The van der Waals surface area contributed by atoms with E-state index < -0.39 is 0 Å². The van der Waals surface area contributed by atoms with Crippen molar-refractivity contribution < 1.29 is 9.59 Å². The highest BCUT2D eigenvalue weighted by molar-refractivity contribution is 5.84. The number of piperazine rings is 1. The largest absolute Gasteiger partial charge is 0.374 e. The number of nitrogens with zero attached hydrogens (tertiary/aromatic N) is 3. The molecule has 2 aliphatic heterocycles. The van der Waals surface area contributed by atoms with E-state index in [0.717, 1.165) is 50.4 Å². The summed E-state index contributed by atoms with van der Waals surface area (Å²) in [7, 11) is 0. The van der Waals surface area contributed by atoms with Gasteiger partial charge in [-0.1, -0.05) is 30.3 Å². The Morgan fingerprint density at radius 2 is 1.77 bits per heavy atom. The van der Waals surface area contributed by atoms with Crippen molar-refractivity contribution in [3.8, 4) is 0 Å². The summed E-state index contributed by atoms with van der Waals surface area (Å²) in [6, 6.07) is 18.1. The van der Waals surface area contributed by atoms with Crippen LogP contribution in [0.25, 0.3) is 0 Å². The molecule has 0 saturated carbocycles. The topological polar surface area (TPSA) is 55.9 Å². The van der Waals surface area contributed by atoms with Gasteiger partial charge < -0.3 is 20.0 Å². The van der Waals surface area contributed by atoms with Crippen molar-refractivity contribution in [1.29, 1.82) is 0 Å². The number of hydrogen-bond donors (Lipinski definition) is 1. The Morgan fingerprint density at radius 3 is 2.47 bits per heavy atom. The molecule has 0 radical (unpaired) electrons. The Bertz CT molecular complexity index is 878. The van der Waals surface area contributed by atoms with Crippen molar-refractivity contribution >= 4 is 23.2 Å². The van der Waals surface area contributed by atoms with Gasteiger partial charge >= 0.3 is 0 Å². The molecule has 2 aromatic rings. The van der Waals surface area contributed by atoms with E-state index in [2.05, 4.69) is 22.3 Å². The first-order chi connectivity index (χ1) is 14.6. The van der Waals surface area contributed by atoms with Crippen LogP contribution < -0.4 is 10.2 Å². The van der Waals surface area contributed by atoms with Crippen molar-refractivity contribution in [2.45, 2.75) is 32.4 Å². The first-order valence-corrected chi connectivity index (χ1v) is 10.8. The Balaban J connectivity index is 1.30. The second-order valence-electron chi connectivity index (χ2n) is 8.13. The van der Waals surface area contributed by atoms with Crippen LogP contribution in [0.4, 0.5) is 11.4 Å². The van der Waals surface area contributed by atoms with Gasteiger partial charge in [-0.05, 0) is 43.2 Å². The summed E-state index contributed by atoms with van der Waals surface area (Å²) in [4.78, 5) is 31.0. The fraction of sp³-hybridized carbons (Fsp3) is 0.417. The third-order valence-corrected chi connectivity index (χ3v) is 5.94. The maximum Gasteiger partial charge on any atom is 0.244 e. The third-order valence-electron chi connectivity index (χ3n) is 5.94. The lowest BCUT2D eigenvalue weighted by atomic mass is 10.1. The lowest BCUT2D eigenvalue weighted by molar-refractivity contribution is -0.132. The zero-order valence-corrected chi connectivity index (χ0v) is 17.6. The highest BCUT2D eigenvalue weighted by Crippen LogP contribution is 2.19. The van der Waals surface area contributed by atoms with Crippen LogP contribution in [0.3, 0.4) is 0 Å². The Hall–Kier alpha value is -3.02. The van der Waals surface area contributed by atoms with Crippen molar-refractivity contribution in [2.24, 2.45) is 0 Å². The van der Waals surface area contributed by atoms with Crippen LogP contribution in [0.15, 0.2) is 54.6 Å². The van der Waals surface area contributed by atoms with Crippen LogP contribution in [0.5, 0.6) is 0 Å². The van der Waals surface area contributed by atoms with Gasteiger partial charge in [0.05, 0.1) is 0 Å². The average Bonchev–Trinajstić information content (AvgIpc) is 3.18. The molecule has 2 aliphatic rings. The second-order valence-corrected chi connectivity index (χ2v) is 8.13. The summed E-state index contributed by atoms with van der Waals surface area (Å²) in [5.41, 5.74) is 3.22. The Labute approximate surface area is 178 Å². The number of nitrogens with one attached hydrogen (secondary N) is 1. The number of para-hydroxylation sites is 1. The molecule has 30 heavy (non-hydrogen) atoms. The number of benzene rings is 2. The standard InChI is InChI=1S/C24H30N4O2/c1-19(24(30)27-15-13-26(14-16-27)22-9-3-2-4-10-22)25-21-8-5-7-20(17-21)18-28-12-6-11-23(28)29/h2-5,7-10,17,19,25H,6,11-16,18H2,1H3/t19-/m1/s1. The average molecular weight is 407 g/mol. The fourth-order valence-electron chi connectivity index (χ4n) is 4.26. The van der Waals surface area contributed by atoms with Crippen LogP contribution in [0.2, 0.25) is 0 Å². The number of carbonyl (C=O) groups excluding carboxylic acids is 2. The van der Waals surface area contributed by atoms with Crippen LogP contribution in [0, 0.1) is 0 Å². The van der Waals surface area contributed by atoms with Crippen molar-refractivity contribution in [1.82, 2.24) is 9.80 Å². The predicted molar refractivity (Wildman–Crippen MR) is 119 cm³/mol. The van der Waals surface area contributed by atoms with Gasteiger partial charge in [0.1, 0.15) is 6.04 Å². The van der Waals surface area contributed by atoms with E-state index in [-0.39, 0.29) is 17.9 Å². The fourth-order valence-corrected chi connectivity index (χ4v) is 4.26. The summed E-state index contributed by atoms with van der Waals surface area (Å²) in [5, 5.41) is 3.35. The number of rotatable bonds is 6. The minimum absolute atomic E-state index is 0.128. The Morgan fingerprint density at radius 1 is 1.00 bits per heavy atom. The van der Waals surface area contributed by atoms with Gasteiger partial charge in [-0.3, -0.25) is 9.59 Å². The van der Waals surface area contributed by atoms with E-state index in [4.69, 9.17) is 0 Å². The quantitative estimate of drug-likeness (QED) is 0.801. The molecule has 0 spiro atoms. The van der Waals surface area contributed by atoms with E-state index in [1.54, 1.807) is 0 Å². The molecule has 0 unspecified atom stereocenters. The van der Waals surface area contributed by atoms with Crippen molar-refractivity contribution in [3.63, 3.8) is 0 Å². The van der Waals surface area contributed by atoms with Crippen LogP contribution in [-0.4, -0.2) is 60.4 Å². The van der Waals surface area contributed by atoms with Gasteiger partial charge in [-0.2, -0.15) is 0 Å². The molecule has 1 atom stereocenters. The van der Waals surface area contributed by atoms with Crippen LogP contribution in [0.1, 0.15) is 25.3 Å². The molecule has 158 valence electrons. The molecule has 6 heteroatoms. The SMILES string of the molecule is C[C@@H](Nc1cccc(CN2CCCC2=O)c1)C(=O)N1CCN(c2ccccc2)CC1. The van der Waals surface area contributed by atoms with Crippen LogP contribution >= 0.6 is 0 Å². The number of carbonyl (C=O) groups is 2. The zero-order chi connectivity index (χ0) is 20.9. The molecule has 1 N–H and O–H groups in total. The van der Waals surface area contributed by atoms with Crippen molar-refractivity contribution in [2.75, 3.05) is 42.9 Å². The summed E-state index contributed by atoms with van der Waals surface area (Å²) < 4.78 is 0. The first kappa shape index (κ1) is 20.3. The minimum Gasteiger partial charge on any atom is -0.374 e. The maximum atomic E-state index is 12.9. The van der Waals surface area contributed by atoms with Crippen molar-refractivity contribution in [3.05, 3.63) is 60.2 Å². The van der Waals surface area contributed by atoms with Crippen LogP contribution in [-0.2, 0) is 16.1 Å². The minimum atomic E-state index is -0.294. The number of likely N-dealkylation sites (tertiary alicyclic amines) is 1. The predicted octanol–water partition coefficient (Wildman–Crippen LogP) is 2.96. The molecule has 4 rings (SSSR count). The molecular formula is C24H30N4O2. The first-order valence-electron chi connectivity index (χ1n) is 10.8. The molecule has 2 fully saturated rings. The van der Waals surface area contributed by atoms with Gasteiger partial charge in [0.2, 0.25) is 11.8 Å². The summed E-state index contributed by atoms with van der Waals surface area (Å²) in [5.74, 6) is 0.356. The molecule has 2 amide bonds. The summed E-state index contributed by atoms with van der Waals surface area (Å²) >= 11 is 0. The highest BCUT2D eigenvalue weighted by atomic mass is 16.2. The van der Waals surface area contributed by atoms with E-state index in [1.807, 2.05) is 59.2 Å². The highest BCUT2D eigenvalue weighted by Gasteiger charge is 2.25. The second kappa shape index (κ2) is 9.20. The maximum absolute atomic E-state index is 12.9. The number of amides is 2. The molecule has 2 aromatic carbocycles. The lowest BCUT2D eigenvalue weighted by Crippen LogP contribution is -2.52. The van der Waals surface area contributed by atoms with Gasteiger partial charge in [-0.25, -0.2) is 0 Å². The summed E-state index contributed by atoms with van der Waals surface area (Å²) in [6.07, 6.45) is 1.60. The summed E-state index contributed by atoms with van der Waals surface area (Å²) in [6.45, 7) is 6.55. The monoisotopic (exact) mass is 406 g/mol. The van der Waals surface area contributed by atoms with E-state index >= 15 is 0 Å². The van der Waals surface area contributed by atoms with E-state index in [9.17, 15) is 9.59 Å². The molecule has 0 bridgehead atoms. The molecular weight excluding hydrogens is 376 g/mol. The number of anilines is 2. The van der Waals surface area contributed by atoms with Gasteiger partial charge in [0, 0.05) is 57.1 Å². The van der Waals surface area contributed by atoms with Gasteiger partial charge in [0.15, 0.2) is 0 Å². The Kier molecular flexibility index (Phi) is 6.21. The molecule has 6 nitrogen and oxygen atoms in total. The molecule has 0 aromatic heterocycles. The molecule has 2 saturated heterocycles. The third kappa shape index (κ3) is 4.75. The van der Waals surface area contributed by atoms with E-state index in [1.165, 1.54) is 5.69 Å². The number of hydrogen-bond acceptors (Lipinski definition) is 4. The van der Waals surface area contributed by atoms with E-state index in [0.29, 0.717) is 13.0 Å². The van der Waals surface area contributed by atoms with Gasteiger partial charge in [0.25, 0.3) is 0 Å². The zero-order valence-electron chi connectivity index (χ0n) is 17.6. The normalized spacial score (nSPS) is 17.9. The smallest absolute Gasteiger partial charge is 0.244 e. The molecule has 2 heterocycles. The lowest BCUT2D eigenvalue weighted by Gasteiger charge is -2.37. The molecule has 0 aliphatic carbocycles.